The Morgan fingerprint density at radius 2 is 2.03 bits per heavy atom. The van der Waals surface area contributed by atoms with Crippen LogP contribution in [0, 0.1) is 25.7 Å². The summed E-state index contributed by atoms with van der Waals surface area (Å²) in [7, 11) is 0. The third kappa shape index (κ3) is 3.96. The molecule has 1 aromatic rings. The van der Waals surface area contributed by atoms with Gasteiger partial charge in [0.2, 0.25) is 5.91 Å². The second-order valence-electron chi connectivity index (χ2n) is 10.3. The molecular formula is C28H36N2O6. The van der Waals surface area contributed by atoms with Crippen molar-refractivity contribution in [2.75, 3.05) is 31.2 Å². The fraction of sp³-hybridized carbons (Fsp3) is 0.536. The highest BCUT2D eigenvalue weighted by Crippen LogP contribution is 2.63. The van der Waals surface area contributed by atoms with Gasteiger partial charge in [-0.3, -0.25) is 14.4 Å². The summed E-state index contributed by atoms with van der Waals surface area (Å²) in [6.45, 7) is 13.3. The van der Waals surface area contributed by atoms with Gasteiger partial charge in [0.25, 0.3) is 5.91 Å². The first-order valence-electron chi connectivity index (χ1n) is 12.5. The summed E-state index contributed by atoms with van der Waals surface area (Å²) < 4.78 is 12.1. The number of carbonyl (C=O) groups excluding carboxylic acids is 3. The van der Waals surface area contributed by atoms with Gasteiger partial charge in [-0.25, -0.2) is 0 Å². The van der Waals surface area contributed by atoms with Gasteiger partial charge in [0.15, 0.2) is 0 Å². The number of amides is 2. The summed E-state index contributed by atoms with van der Waals surface area (Å²) in [5.74, 6) is -2.82. The zero-order valence-corrected chi connectivity index (χ0v) is 21.4. The van der Waals surface area contributed by atoms with Crippen LogP contribution >= 0.6 is 0 Å². The number of β-amino-alcohol motifs (C(OH)–C–C–N with tert-alkyl or cyclic N) is 1. The fourth-order valence-electron chi connectivity index (χ4n) is 6.34. The van der Waals surface area contributed by atoms with E-state index in [0.717, 1.165) is 16.8 Å². The number of hydrogen-bond acceptors (Lipinski definition) is 6. The van der Waals surface area contributed by atoms with Gasteiger partial charge in [0.05, 0.1) is 24.7 Å². The number of aliphatic hydroxyl groups is 1. The predicted octanol–water partition coefficient (Wildman–Crippen LogP) is 2.70. The van der Waals surface area contributed by atoms with Crippen molar-refractivity contribution >= 4 is 23.5 Å². The molecule has 36 heavy (non-hydrogen) atoms. The van der Waals surface area contributed by atoms with E-state index in [1.807, 2.05) is 39.0 Å². The van der Waals surface area contributed by atoms with Gasteiger partial charge < -0.3 is 24.4 Å². The summed E-state index contributed by atoms with van der Waals surface area (Å²) in [5, 5.41) is 9.81. The zero-order valence-electron chi connectivity index (χ0n) is 21.4. The molecule has 2 unspecified atom stereocenters. The second kappa shape index (κ2) is 9.82. The van der Waals surface area contributed by atoms with Crippen LogP contribution in [-0.4, -0.2) is 71.3 Å². The molecule has 2 amide bonds. The molecule has 0 aromatic heterocycles. The van der Waals surface area contributed by atoms with E-state index in [1.54, 1.807) is 17.1 Å². The van der Waals surface area contributed by atoms with Crippen molar-refractivity contribution in [2.24, 2.45) is 11.8 Å². The number of rotatable bonds is 10. The number of carbonyl (C=O) groups is 3. The Labute approximate surface area is 212 Å². The van der Waals surface area contributed by atoms with Crippen LogP contribution in [0.3, 0.4) is 0 Å². The molecule has 3 fully saturated rings. The Balaban J connectivity index is 1.77. The maximum Gasteiger partial charge on any atom is 0.312 e. The van der Waals surface area contributed by atoms with Crippen molar-refractivity contribution in [3.63, 3.8) is 0 Å². The minimum Gasteiger partial charge on any atom is -0.465 e. The van der Waals surface area contributed by atoms with Gasteiger partial charge in [-0.05, 0) is 57.2 Å². The topological polar surface area (TPSA) is 96.4 Å². The van der Waals surface area contributed by atoms with Crippen LogP contribution in [0.1, 0.15) is 37.3 Å². The lowest BCUT2D eigenvalue weighted by molar-refractivity contribution is -0.159. The maximum absolute atomic E-state index is 14.3. The van der Waals surface area contributed by atoms with Crippen molar-refractivity contribution in [2.45, 2.75) is 57.3 Å². The highest BCUT2D eigenvalue weighted by Gasteiger charge is 2.78. The first-order valence-corrected chi connectivity index (χ1v) is 12.5. The third-order valence-electron chi connectivity index (χ3n) is 7.90. The van der Waals surface area contributed by atoms with Gasteiger partial charge >= 0.3 is 5.97 Å². The lowest BCUT2D eigenvalue weighted by Gasteiger charge is -2.37. The first-order chi connectivity index (χ1) is 17.1. The number of fused-ring (bicyclic) bond motifs is 1. The molecule has 0 aliphatic carbocycles. The standard InChI is InChI=1S/C28H36N2O6/c1-6-8-16-35-26(34)22-21-24(32)30(14-15-31)23(28(21)12-11-27(22,5)36-28)25(33)29(13-7-2)20-17-18(3)9-10-19(20)4/h6-7,9-10,17,21-23,31H,1-2,8,11-16H2,3-5H3/t21-,22+,23?,27-,28?/m0/s1. The molecule has 5 atom stereocenters. The van der Waals surface area contributed by atoms with E-state index in [-0.39, 0.29) is 38.1 Å². The molecule has 3 saturated heterocycles. The molecule has 0 saturated carbocycles. The average molecular weight is 497 g/mol. The van der Waals surface area contributed by atoms with E-state index >= 15 is 0 Å². The zero-order chi connectivity index (χ0) is 26.3. The van der Waals surface area contributed by atoms with Crippen LogP contribution in [0.2, 0.25) is 0 Å². The fourth-order valence-corrected chi connectivity index (χ4v) is 6.34. The van der Waals surface area contributed by atoms with E-state index in [2.05, 4.69) is 13.2 Å². The van der Waals surface area contributed by atoms with E-state index in [9.17, 15) is 19.5 Å². The number of aryl methyl sites for hydroxylation is 2. The molecular weight excluding hydrogens is 460 g/mol. The minimum atomic E-state index is -1.17. The quantitative estimate of drug-likeness (QED) is 0.304. The Morgan fingerprint density at radius 1 is 1.28 bits per heavy atom. The number of nitrogens with zero attached hydrogens (tertiary/aromatic N) is 2. The Bertz CT molecular complexity index is 1090. The van der Waals surface area contributed by atoms with Gasteiger partial charge in [-0.2, -0.15) is 0 Å². The summed E-state index contributed by atoms with van der Waals surface area (Å²) in [4.78, 5) is 44.4. The Kier molecular flexibility index (Phi) is 7.12. The Hall–Kier alpha value is -2.97. The van der Waals surface area contributed by atoms with Crippen molar-refractivity contribution in [1.29, 1.82) is 0 Å². The van der Waals surface area contributed by atoms with Crippen LogP contribution in [0.4, 0.5) is 5.69 Å². The number of hydrogen-bond donors (Lipinski definition) is 1. The van der Waals surface area contributed by atoms with Crippen LogP contribution in [0.15, 0.2) is 43.5 Å². The molecule has 4 rings (SSSR count). The van der Waals surface area contributed by atoms with Gasteiger partial charge in [-0.1, -0.05) is 24.3 Å². The number of ether oxygens (including phenoxy) is 2. The summed E-state index contributed by atoms with van der Waals surface area (Å²) in [5.41, 5.74) is 0.566. The summed E-state index contributed by atoms with van der Waals surface area (Å²) in [6, 6.07) is 4.89. The Morgan fingerprint density at radius 3 is 2.69 bits per heavy atom. The monoisotopic (exact) mass is 496 g/mol. The largest absolute Gasteiger partial charge is 0.465 e. The molecule has 3 heterocycles. The minimum absolute atomic E-state index is 0.0273. The number of benzene rings is 1. The highest BCUT2D eigenvalue weighted by molar-refractivity contribution is 6.05. The van der Waals surface area contributed by atoms with Crippen LogP contribution in [0.5, 0.6) is 0 Å². The highest BCUT2D eigenvalue weighted by atomic mass is 16.6. The second-order valence-corrected chi connectivity index (χ2v) is 10.3. The number of aliphatic hydroxyl groups excluding tert-OH is 1. The van der Waals surface area contributed by atoms with Crippen molar-refractivity contribution in [3.05, 3.63) is 54.6 Å². The molecule has 8 heteroatoms. The molecule has 1 N–H and O–H groups in total. The van der Waals surface area contributed by atoms with Gasteiger partial charge in [-0.15, -0.1) is 13.2 Å². The van der Waals surface area contributed by atoms with Crippen molar-refractivity contribution in [1.82, 2.24) is 4.90 Å². The van der Waals surface area contributed by atoms with Gasteiger partial charge in [0, 0.05) is 18.8 Å². The molecule has 1 aromatic carbocycles. The number of esters is 1. The molecule has 8 nitrogen and oxygen atoms in total. The third-order valence-corrected chi connectivity index (χ3v) is 7.90. The SMILES string of the molecule is C=CCCOC(=O)[C@H]1[C@H]2C(=O)N(CCO)C(C(=O)N(CC=C)c3cc(C)ccc3C)C23CC[C@]1(C)O3. The average Bonchev–Trinajstić information content (AvgIpc) is 3.40. The molecule has 194 valence electrons. The smallest absolute Gasteiger partial charge is 0.312 e. The van der Waals surface area contributed by atoms with Gasteiger partial charge in [0.1, 0.15) is 17.6 Å². The normalized spacial score (nSPS) is 30.3. The van der Waals surface area contributed by atoms with Crippen LogP contribution in [-0.2, 0) is 23.9 Å². The lowest BCUT2D eigenvalue weighted by atomic mass is 9.66. The van der Waals surface area contributed by atoms with E-state index in [0.29, 0.717) is 19.3 Å². The summed E-state index contributed by atoms with van der Waals surface area (Å²) in [6.07, 6.45) is 4.80. The van der Waals surface area contributed by atoms with Crippen LogP contribution < -0.4 is 4.90 Å². The molecule has 0 radical (unpaired) electrons. The van der Waals surface area contributed by atoms with Crippen LogP contribution in [0.25, 0.3) is 0 Å². The van der Waals surface area contributed by atoms with Crippen molar-refractivity contribution in [3.8, 4) is 0 Å². The molecule has 2 bridgehead atoms. The van der Waals surface area contributed by atoms with E-state index in [4.69, 9.17) is 9.47 Å². The molecule has 3 aliphatic rings. The van der Waals surface area contributed by atoms with Crippen molar-refractivity contribution < 1.29 is 29.0 Å². The molecule has 1 spiro atoms. The number of anilines is 1. The van der Waals surface area contributed by atoms with E-state index in [1.165, 1.54) is 4.90 Å². The lowest BCUT2D eigenvalue weighted by Crippen LogP contribution is -2.57. The van der Waals surface area contributed by atoms with E-state index < -0.39 is 35.0 Å². The maximum atomic E-state index is 14.3. The predicted molar refractivity (Wildman–Crippen MR) is 135 cm³/mol. The first kappa shape index (κ1) is 26.1. The number of likely N-dealkylation sites (tertiary alicyclic amines) is 1. The molecule has 3 aliphatic heterocycles. The summed E-state index contributed by atoms with van der Waals surface area (Å²) >= 11 is 0.